The maximum atomic E-state index is 12.8. The number of carbonyl (C=O) groups is 1. The van der Waals surface area contributed by atoms with Crippen LogP contribution in [0.2, 0.25) is 0 Å². The smallest absolute Gasteiger partial charge is 0.255 e. The standard InChI is InChI=1S/C18H28N2O/c1-13(2)19-17-8-6-5-7-16(17)18(21)20(4)15-11-9-14(3)10-12-15/h5-8,13-15,19H,9-12H2,1-4H3. The molecule has 0 aromatic heterocycles. The highest BCUT2D eigenvalue weighted by Crippen LogP contribution is 2.28. The number of anilines is 1. The molecule has 1 aromatic carbocycles. The lowest BCUT2D eigenvalue weighted by Gasteiger charge is -2.34. The van der Waals surface area contributed by atoms with Crippen molar-refractivity contribution in [3.8, 4) is 0 Å². The molecular formula is C18H28N2O. The highest BCUT2D eigenvalue weighted by Gasteiger charge is 2.26. The average molecular weight is 288 g/mol. The highest BCUT2D eigenvalue weighted by molar-refractivity contribution is 5.99. The van der Waals surface area contributed by atoms with Crippen LogP contribution in [0.1, 0.15) is 56.8 Å². The minimum atomic E-state index is 0.137. The summed E-state index contributed by atoms with van der Waals surface area (Å²) in [5.41, 5.74) is 1.72. The Hall–Kier alpha value is -1.51. The lowest BCUT2D eigenvalue weighted by Crippen LogP contribution is -2.39. The van der Waals surface area contributed by atoms with Gasteiger partial charge in [-0.1, -0.05) is 19.1 Å². The van der Waals surface area contributed by atoms with Crippen molar-refractivity contribution in [2.75, 3.05) is 12.4 Å². The van der Waals surface area contributed by atoms with Gasteiger partial charge in [0.25, 0.3) is 5.91 Å². The summed E-state index contributed by atoms with van der Waals surface area (Å²) in [4.78, 5) is 14.8. The van der Waals surface area contributed by atoms with Gasteiger partial charge in [-0.2, -0.15) is 0 Å². The second kappa shape index (κ2) is 6.97. The number of hydrogen-bond acceptors (Lipinski definition) is 2. The first-order valence-corrected chi connectivity index (χ1v) is 8.11. The van der Waals surface area contributed by atoms with Gasteiger partial charge in [0.05, 0.1) is 5.56 Å². The summed E-state index contributed by atoms with van der Waals surface area (Å²) >= 11 is 0. The lowest BCUT2D eigenvalue weighted by molar-refractivity contribution is 0.0680. The molecule has 0 radical (unpaired) electrons. The third kappa shape index (κ3) is 3.99. The molecule has 1 aromatic rings. The Morgan fingerprint density at radius 1 is 1.19 bits per heavy atom. The molecule has 1 amide bonds. The van der Waals surface area contributed by atoms with Gasteiger partial charge in [-0.15, -0.1) is 0 Å². The number of rotatable bonds is 4. The van der Waals surface area contributed by atoms with Gasteiger partial charge in [0.2, 0.25) is 0 Å². The number of carbonyl (C=O) groups excluding carboxylic acids is 1. The zero-order valence-corrected chi connectivity index (χ0v) is 13.7. The first-order valence-electron chi connectivity index (χ1n) is 8.11. The van der Waals surface area contributed by atoms with Gasteiger partial charge in [0.15, 0.2) is 0 Å². The number of amides is 1. The predicted octanol–water partition coefficient (Wildman–Crippen LogP) is 4.16. The quantitative estimate of drug-likeness (QED) is 0.902. The summed E-state index contributed by atoms with van der Waals surface area (Å²) in [5, 5.41) is 3.37. The van der Waals surface area contributed by atoms with E-state index >= 15 is 0 Å². The largest absolute Gasteiger partial charge is 0.382 e. The van der Waals surface area contributed by atoms with Crippen LogP contribution in [-0.2, 0) is 0 Å². The van der Waals surface area contributed by atoms with Gasteiger partial charge >= 0.3 is 0 Å². The molecule has 0 heterocycles. The second-order valence-electron chi connectivity index (χ2n) is 6.67. The Kier molecular flexibility index (Phi) is 5.27. The average Bonchev–Trinajstić information content (AvgIpc) is 2.46. The third-order valence-electron chi connectivity index (χ3n) is 4.46. The Morgan fingerprint density at radius 3 is 2.43 bits per heavy atom. The van der Waals surface area contributed by atoms with Crippen LogP contribution >= 0.6 is 0 Å². The summed E-state index contributed by atoms with van der Waals surface area (Å²) in [6.45, 7) is 6.49. The van der Waals surface area contributed by atoms with Gasteiger partial charge in [0.1, 0.15) is 0 Å². The van der Waals surface area contributed by atoms with E-state index in [9.17, 15) is 4.79 Å². The van der Waals surface area contributed by atoms with Crippen LogP contribution < -0.4 is 5.32 Å². The Morgan fingerprint density at radius 2 is 1.81 bits per heavy atom. The van der Waals surface area contributed by atoms with E-state index in [0.717, 1.165) is 30.0 Å². The van der Waals surface area contributed by atoms with Crippen LogP contribution in [0.4, 0.5) is 5.69 Å². The Labute approximate surface area is 128 Å². The van der Waals surface area contributed by atoms with Crippen molar-refractivity contribution in [2.24, 2.45) is 5.92 Å². The Bertz CT molecular complexity index is 476. The van der Waals surface area contributed by atoms with E-state index in [-0.39, 0.29) is 5.91 Å². The molecule has 0 atom stereocenters. The minimum absolute atomic E-state index is 0.137. The van der Waals surface area contributed by atoms with Gasteiger partial charge in [-0.3, -0.25) is 4.79 Å². The lowest BCUT2D eigenvalue weighted by atomic mass is 9.86. The van der Waals surface area contributed by atoms with E-state index in [1.807, 2.05) is 36.2 Å². The fourth-order valence-electron chi connectivity index (χ4n) is 3.09. The first kappa shape index (κ1) is 15.9. The molecule has 1 fully saturated rings. The fourth-order valence-corrected chi connectivity index (χ4v) is 3.09. The molecule has 1 aliphatic rings. The maximum absolute atomic E-state index is 12.8. The second-order valence-corrected chi connectivity index (χ2v) is 6.67. The van der Waals surface area contributed by atoms with Crippen LogP contribution in [0, 0.1) is 5.92 Å². The SMILES string of the molecule is CC1CCC(N(C)C(=O)c2ccccc2NC(C)C)CC1. The summed E-state index contributed by atoms with van der Waals surface area (Å²) in [5.74, 6) is 0.943. The summed E-state index contributed by atoms with van der Waals surface area (Å²) in [6, 6.07) is 8.54. The van der Waals surface area contributed by atoms with Crippen LogP contribution in [-0.4, -0.2) is 29.9 Å². The van der Waals surface area contributed by atoms with Crippen molar-refractivity contribution in [2.45, 2.75) is 58.5 Å². The van der Waals surface area contributed by atoms with Crippen molar-refractivity contribution in [1.29, 1.82) is 0 Å². The molecule has 2 rings (SSSR count). The molecule has 0 bridgehead atoms. The molecule has 0 aliphatic heterocycles. The molecule has 116 valence electrons. The van der Waals surface area contributed by atoms with E-state index in [2.05, 4.69) is 26.1 Å². The summed E-state index contributed by atoms with van der Waals surface area (Å²) < 4.78 is 0. The number of nitrogens with one attached hydrogen (secondary N) is 1. The molecule has 0 unspecified atom stereocenters. The van der Waals surface area contributed by atoms with E-state index in [1.165, 1.54) is 12.8 Å². The predicted molar refractivity (Wildman–Crippen MR) is 88.7 cm³/mol. The Balaban J connectivity index is 2.12. The van der Waals surface area contributed by atoms with Crippen molar-refractivity contribution in [3.63, 3.8) is 0 Å². The number of para-hydroxylation sites is 1. The van der Waals surface area contributed by atoms with Crippen LogP contribution in [0.3, 0.4) is 0 Å². The summed E-state index contributed by atoms with van der Waals surface area (Å²) in [6.07, 6.45) is 4.72. The molecule has 1 aliphatic carbocycles. The monoisotopic (exact) mass is 288 g/mol. The normalized spacial score (nSPS) is 22.1. The van der Waals surface area contributed by atoms with Crippen molar-refractivity contribution >= 4 is 11.6 Å². The van der Waals surface area contributed by atoms with Gasteiger partial charge in [0, 0.05) is 24.8 Å². The summed E-state index contributed by atoms with van der Waals surface area (Å²) in [7, 11) is 1.95. The van der Waals surface area contributed by atoms with E-state index in [0.29, 0.717) is 12.1 Å². The zero-order valence-electron chi connectivity index (χ0n) is 13.7. The number of benzene rings is 1. The first-order chi connectivity index (χ1) is 9.99. The maximum Gasteiger partial charge on any atom is 0.255 e. The third-order valence-corrected chi connectivity index (χ3v) is 4.46. The number of nitrogens with zero attached hydrogens (tertiary/aromatic N) is 1. The van der Waals surface area contributed by atoms with Gasteiger partial charge in [-0.05, 0) is 57.6 Å². The van der Waals surface area contributed by atoms with Crippen molar-refractivity contribution in [1.82, 2.24) is 4.90 Å². The van der Waals surface area contributed by atoms with Crippen molar-refractivity contribution < 1.29 is 4.79 Å². The fraction of sp³-hybridized carbons (Fsp3) is 0.611. The molecule has 0 saturated heterocycles. The van der Waals surface area contributed by atoms with Gasteiger partial charge < -0.3 is 10.2 Å². The molecule has 21 heavy (non-hydrogen) atoms. The molecule has 1 saturated carbocycles. The number of hydrogen-bond donors (Lipinski definition) is 1. The minimum Gasteiger partial charge on any atom is -0.382 e. The van der Waals surface area contributed by atoms with Crippen LogP contribution in [0.5, 0.6) is 0 Å². The van der Waals surface area contributed by atoms with Gasteiger partial charge in [-0.25, -0.2) is 0 Å². The molecule has 1 N–H and O–H groups in total. The zero-order chi connectivity index (χ0) is 15.4. The van der Waals surface area contributed by atoms with E-state index < -0.39 is 0 Å². The molecular weight excluding hydrogens is 260 g/mol. The highest BCUT2D eigenvalue weighted by atomic mass is 16.2. The molecule has 3 nitrogen and oxygen atoms in total. The van der Waals surface area contributed by atoms with E-state index in [4.69, 9.17) is 0 Å². The topological polar surface area (TPSA) is 32.3 Å². The molecule has 3 heteroatoms. The van der Waals surface area contributed by atoms with Crippen molar-refractivity contribution in [3.05, 3.63) is 29.8 Å². The van der Waals surface area contributed by atoms with Crippen LogP contribution in [0.15, 0.2) is 24.3 Å². The van der Waals surface area contributed by atoms with E-state index in [1.54, 1.807) is 0 Å². The van der Waals surface area contributed by atoms with Crippen LogP contribution in [0.25, 0.3) is 0 Å². The molecule has 0 spiro atoms.